The Balaban J connectivity index is 1.29. The van der Waals surface area contributed by atoms with Crippen LogP contribution >= 0.6 is 0 Å². The van der Waals surface area contributed by atoms with Gasteiger partial charge in [-0.25, -0.2) is 0 Å². The molecule has 0 saturated carbocycles. The number of amides is 1. The summed E-state index contributed by atoms with van der Waals surface area (Å²) in [6, 6.07) is 20.6. The molecule has 1 unspecified atom stereocenters. The van der Waals surface area contributed by atoms with Crippen LogP contribution in [0.1, 0.15) is 34.5 Å². The summed E-state index contributed by atoms with van der Waals surface area (Å²) in [5, 5.41) is 10.4. The molecule has 1 aliphatic rings. The van der Waals surface area contributed by atoms with Crippen molar-refractivity contribution in [2.75, 3.05) is 26.2 Å². The number of aromatic nitrogens is 2. The minimum atomic E-state index is -0.0661. The quantitative estimate of drug-likeness (QED) is 0.626. The van der Waals surface area contributed by atoms with E-state index < -0.39 is 0 Å². The van der Waals surface area contributed by atoms with Crippen molar-refractivity contribution in [3.63, 3.8) is 0 Å². The van der Waals surface area contributed by atoms with Gasteiger partial charge in [-0.3, -0.25) is 9.89 Å². The number of rotatable bonds is 7. The molecule has 1 amide bonds. The van der Waals surface area contributed by atoms with Crippen LogP contribution in [0, 0.1) is 12.8 Å². The van der Waals surface area contributed by atoms with Crippen LogP contribution in [-0.2, 0) is 6.42 Å². The second-order valence-corrected chi connectivity index (χ2v) is 8.19. The fraction of sp³-hybridized carbons (Fsp3) is 0.360. The third kappa shape index (κ3) is 4.97. The van der Waals surface area contributed by atoms with Gasteiger partial charge >= 0.3 is 0 Å². The number of likely N-dealkylation sites (tertiary alicyclic amines) is 1. The van der Waals surface area contributed by atoms with Crippen LogP contribution < -0.4 is 5.32 Å². The van der Waals surface area contributed by atoms with E-state index in [1.54, 1.807) is 0 Å². The molecule has 5 nitrogen and oxygen atoms in total. The number of nitrogens with one attached hydrogen (secondary N) is 2. The van der Waals surface area contributed by atoms with Gasteiger partial charge < -0.3 is 10.2 Å². The zero-order valence-corrected chi connectivity index (χ0v) is 17.6. The maximum Gasteiger partial charge on any atom is 0.269 e. The average molecular weight is 403 g/mol. The van der Waals surface area contributed by atoms with E-state index >= 15 is 0 Å². The summed E-state index contributed by atoms with van der Waals surface area (Å²) in [6.45, 7) is 5.93. The molecule has 0 bridgehead atoms. The number of hydrogen-bond acceptors (Lipinski definition) is 3. The van der Waals surface area contributed by atoms with Gasteiger partial charge in [0.25, 0.3) is 5.91 Å². The van der Waals surface area contributed by atoms with Crippen LogP contribution in [0.15, 0.2) is 60.7 Å². The minimum absolute atomic E-state index is 0.0661. The molecule has 156 valence electrons. The molecule has 1 fully saturated rings. The van der Waals surface area contributed by atoms with Gasteiger partial charge in [0.2, 0.25) is 0 Å². The Bertz CT molecular complexity index is 952. The van der Waals surface area contributed by atoms with Crippen LogP contribution in [0.5, 0.6) is 0 Å². The van der Waals surface area contributed by atoms with Gasteiger partial charge in [0.05, 0.1) is 5.69 Å². The van der Waals surface area contributed by atoms with E-state index in [-0.39, 0.29) is 5.91 Å². The van der Waals surface area contributed by atoms with Crippen molar-refractivity contribution < 1.29 is 4.79 Å². The highest BCUT2D eigenvalue weighted by atomic mass is 16.1. The summed E-state index contributed by atoms with van der Waals surface area (Å²) in [4.78, 5) is 15.3. The Kier molecular flexibility index (Phi) is 6.60. The molecule has 3 aromatic rings. The average Bonchev–Trinajstić information content (AvgIpc) is 3.19. The Labute approximate surface area is 178 Å². The first-order chi connectivity index (χ1) is 14.7. The standard InChI is InChI=1S/C25H30N4O/c1-19-23(22-12-6-3-7-13-22)27-28-24(19)25(30)26-17-21-11-8-15-29(18-21)16-14-20-9-4-2-5-10-20/h2-7,9-10,12-13,21H,8,11,14-18H2,1H3,(H,26,30)(H,27,28). The normalized spacial score (nSPS) is 17.0. The summed E-state index contributed by atoms with van der Waals surface area (Å²) < 4.78 is 0. The predicted octanol–water partition coefficient (Wildman–Crippen LogP) is 4.07. The van der Waals surface area contributed by atoms with E-state index in [1.807, 2.05) is 37.3 Å². The first kappa shape index (κ1) is 20.4. The number of carbonyl (C=O) groups excluding carboxylic acids is 1. The largest absolute Gasteiger partial charge is 0.350 e. The minimum Gasteiger partial charge on any atom is -0.350 e. The molecule has 1 saturated heterocycles. The topological polar surface area (TPSA) is 61.0 Å². The van der Waals surface area contributed by atoms with Crippen molar-refractivity contribution in [3.05, 3.63) is 77.5 Å². The lowest BCUT2D eigenvalue weighted by Crippen LogP contribution is -2.41. The Hall–Kier alpha value is -2.92. The van der Waals surface area contributed by atoms with Gasteiger partial charge in [-0.1, -0.05) is 60.7 Å². The van der Waals surface area contributed by atoms with E-state index in [0.29, 0.717) is 18.2 Å². The van der Waals surface area contributed by atoms with E-state index in [0.717, 1.165) is 42.9 Å². The Morgan fingerprint density at radius 1 is 1.13 bits per heavy atom. The monoisotopic (exact) mass is 402 g/mol. The van der Waals surface area contributed by atoms with Gasteiger partial charge in [0.15, 0.2) is 0 Å². The number of piperidine rings is 1. The highest BCUT2D eigenvalue weighted by Crippen LogP contribution is 2.23. The fourth-order valence-corrected chi connectivity index (χ4v) is 4.27. The summed E-state index contributed by atoms with van der Waals surface area (Å²) >= 11 is 0. The zero-order chi connectivity index (χ0) is 20.8. The van der Waals surface area contributed by atoms with Crippen molar-refractivity contribution in [2.24, 2.45) is 5.92 Å². The van der Waals surface area contributed by atoms with Crippen molar-refractivity contribution in [1.82, 2.24) is 20.4 Å². The van der Waals surface area contributed by atoms with E-state index in [9.17, 15) is 4.79 Å². The van der Waals surface area contributed by atoms with E-state index in [4.69, 9.17) is 0 Å². The number of hydrogen-bond donors (Lipinski definition) is 2. The molecule has 2 heterocycles. The smallest absolute Gasteiger partial charge is 0.269 e. The molecule has 30 heavy (non-hydrogen) atoms. The van der Waals surface area contributed by atoms with Gasteiger partial charge in [-0.15, -0.1) is 0 Å². The molecule has 0 aliphatic carbocycles. The first-order valence-corrected chi connectivity index (χ1v) is 10.9. The lowest BCUT2D eigenvalue weighted by molar-refractivity contribution is 0.0927. The summed E-state index contributed by atoms with van der Waals surface area (Å²) in [5.74, 6) is 0.430. The van der Waals surface area contributed by atoms with Crippen LogP contribution in [0.25, 0.3) is 11.3 Å². The van der Waals surface area contributed by atoms with Crippen LogP contribution in [0.3, 0.4) is 0 Å². The number of H-pyrrole nitrogens is 1. The SMILES string of the molecule is Cc1c(-c2ccccc2)n[nH]c1C(=O)NCC1CCCN(CCc2ccccc2)C1. The third-order valence-electron chi connectivity index (χ3n) is 6.00. The van der Waals surface area contributed by atoms with E-state index in [2.05, 4.69) is 50.7 Å². The molecular formula is C25H30N4O. The number of carbonyl (C=O) groups is 1. The van der Waals surface area contributed by atoms with Gasteiger partial charge in [-0.05, 0) is 44.2 Å². The summed E-state index contributed by atoms with van der Waals surface area (Å²) in [5.41, 5.74) is 4.70. The highest BCUT2D eigenvalue weighted by Gasteiger charge is 2.22. The molecule has 0 spiro atoms. The second kappa shape index (κ2) is 9.72. The second-order valence-electron chi connectivity index (χ2n) is 8.19. The third-order valence-corrected chi connectivity index (χ3v) is 6.00. The van der Waals surface area contributed by atoms with Crippen molar-refractivity contribution in [1.29, 1.82) is 0 Å². The molecule has 2 aromatic carbocycles. The van der Waals surface area contributed by atoms with Crippen molar-refractivity contribution in [3.8, 4) is 11.3 Å². The number of aromatic amines is 1. The Morgan fingerprint density at radius 2 is 1.87 bits per heavy atom. The van der Waals surface area contributed by atoms with Gasteiger partial charge in [0.1, 0.15) is 5.69 Å². The predicted molar refractivity (Wildman–Crippen MR) is 120 cm³/mol. The lowest BCUT2D eigenvalue weighted by Gasteiger charge is -2.32. The Morgan fingerprint density at radius 3 is 2.63 bits per heavy atom. The molecule has 1 aromatic heterocycles. The van der Waals surface area contributed by atoms with Crippen molar-refractivity contribution >= 4 is 5.91 Å². The summed E-state index contributed by atoms with van der Waals surface area (Å²) in [6.07, 6.45) is 3.44. The summed E-state index contributed by atoms with van der Waals surface area (Å²) in [7, 11) is 0. The van der Waals surface area contributed by atoms with Crippen molar-refractivity contribution in [2.45, 2.75) is 26.2 Å². The maximum atomic E-state index is 12.7. The van der Waals surface area contributed by atoms with Crippen LogP contribution in [-0.4, -0.2) is 47.2 Å². The molecule has 4 rings (SSSR count). The molecular weight excluding hydrogens is 372 g/mol. The number of benzene rings is 2. The highest BCUT2D eigenvalue weighted by molar-refractivity contribution is 5.95. The zero-order valence-electron chi connectivity index (χ0n) is 17.6. The fourth-order valence-electron chi connectivity index (χ4n) is 4.27. The first-order valence-electron chi connectivity index (χ1n) is 10.9. The number of nitrogens with zero attached hydrogens (tertiary/aromatic N) is 2. The van der Waals surface area contributed by atoms with Gasteiger partial charge in [0, 0.05) is 30.8 Å². The van der Waals surface area contributed by atoms with Gasteiger partial charge in [-0.2, -0.15) is 5.10 Å². The lowest BCUT2D eigenvalue weighted by atomic mass is 9.97. The molecule has 1 atom stereocenters. The van der Waals surface area contributed by atoms with Crippen LogP contribution in [0.4, 0.5) is 0 Å². The van der Waals surface area contributed by atoms with Crippen LogP contribution in [0.2, 0.25) is 0 Å². The molecule has 1 aliphatic heterocycles. The molecule has 0 radical (unpaired) electrons. The van der Waals surface area contributed by atoms with E-state index in [1.165, 1.54) is 18.4 Å². The molecule has 2 N–H and O–H groups in total. The molecule has 5 heteroatoms. The maximum absolute atomic E-state index is 12.7.